The third-order valence-corrected chi connectivity index (χ3v) is 4.07. The zero-order valence-corrected chi connectivity index (χ0v) is 11.7. The van der Waals surface area contributed by atoms with E-state index in [0.717, 1.165) is 12.8 Å². The second-order valence-corrected chi connectivity index (χ2v) is 5.69. The van der Waals surface area contributed by atoms with Crippen LogP contribution in [0.5, 0.6) is 0 Å². The molecule has 2 fully saturated rings. The first-order valence-electron chi connectivity index (χ1n) is 7.25. The van der Waals surface area contributed by atoms with Crippen LogP contribution in [0.3, 0.4) is 0 Å². The summed E-state index contributed by atoms with van der Waals surface area (Å²) in [6.07, 6.45) is 1.15. The molecule has 2 aliphatic rings. The number of anilines is 1. The molecule has 0 amide bonds. The first-order chi connectivity index (χ1) is 10.7. The van der Waals surface area contributed by atoms with E-state index in [9.17, 15) is 15.3 Å². The van der Waals surface area contributed by atoms with E-state index in [1.54, 1.807) is 4.57 Å². The molecule has 4 N–H and O–H groups in total. The SMILES string of the molecule is OC[C@H]1O[C@@H](n2cnc3c(NC4CC4)ncnc32)[C@@H](O)[C@@H]1O. The molecule has 118 valence electrons. The number of rotatable bonds is 4. The number of hydrogen-bond donors (Lipinski definition) is 4. The highest BCUT2D eigenvalue weighted by molar-refractivity contribution is 5.83. The van der Waals surface area contributed by atoms with Gasteiger partial charge in [0.2, 0.25) is 0 Å². The summed E-state index contributed by atoms with van der Waals surface area (Å²) in [4.78, 5) is 12.7. The maximum atomic E-state index is 10.1. The lowest BCUT2D eigenvalue weighted by Crippen LogP contribution is -2.33. The van der Waals surface area contributed by atoms with E-state index in [4.69, 9.17) is 4.74 Å². The summed E-state index contributed by atoms with van der Waals surface area (Å²) in [7, 11) is 0. The summed E-state index contributed by atoms with van der Waals surface area (Å²) in [5.41, 5.74) is 1.10. The van der Waals surface area contributed by atoms with Crippen molar-refractivity contribution in [1.82, 2.24) is 19.5 Å². The van der Waals surface area contributed by atoms with E-state index < -0.39 is 24.5 Å². The first-order valence-corrected chi connectivity index (χ1v) is 7.25. The van der Waals surface area contributed by atoms with Gasteiger partial charge in [0.25, 0.3) is 0 Å². The van der Waals surface area contributed by atoms with Crippen LogP contribution in [0.25, 0.3) is 11.2 Å². The Balaban J connectivity index is 1.70. The Morgan fingerprint density at radius 3 is 2.73 bits per heavy atom. The van der Waals surface area contributed by atoms with Crippen molar-refractivity contribution in [2.75, 3.05) is 11.9 Å². The van der Waals surface area contributed by atoms with Gasteiger partial charge in [0.05, 0.1) is 12.9 Å². The van der Waals surface area contributed by atoms with Crippen LogP contribution in [0, 0.1) is 0 Å². The largest absolute Gasteiger partial charge is 0.394 e. The van der Waals surface area contributed by atoms with Crippen molar-refractivity contribution in [3.8, 4) is 0 Å². The van der Waals surface area contributed by atoms with Gasteiger partial charge in [-0.2, -0.15) is 0 Å². The Bertz CT molecular complexity index is 688. The number of ether oxygens (including phenoxy) is 1. The molecule has 9 nitrogen and oxygen atoms in total. The van der Waals surface area contributed by atoms with Crippen LogP contribution >= 0.6 is 0 Å². The lowest BCUT2D eigenvalue weighted by atomic mass is 10.1. The van der Waals surface area contributed by atoms with E-state index in [0.29, 0.717) is 23.0 Å². The van der Waals surface area contributed by atoms with Crippen molar-refractivity contribution >= 4 is 17.0 Å². The quantitative estimate of drug-likeness (QED) is 0.567. The fourth-order valence-corrected chi connectivity index (χ4v) is 2.67. The van der Waals surface area contributed by atoms with Crippen molar-refractivity contribution < 1.29 is 20.1 Å². The van der Waals surface area contributed by atoms with Crippen LogP contribution < -0.4 is 5.32 Å². The number of aliphatic hydroxyl groups is 3. The molecule has 1 saturated carbocycles. The maximum Gasteiger partial charge on any atom is 0.167 e. The summed E-state index contributed by atoms with van der Waals surface area (Å²) in [5.74, 6) is 0.651. The Kier molecular flexibility index (Phi) is 3.22. The molecule has 0 spiro atoms. The van der Waals surface area contributed by atoms with E-state index in [1.807, 2.05) is 0 Å². The lowest BCUT2D eigenvalue weighted by molar-refractivity contribution is -0.0511. The van der Waals surface area contributed by atoms with Crippen molar-refractivity contribution in [1.29, 1.82) is 0 Å². The highest BCUT2D eigenvalue weighted by atomic mass is 16.6. The third-order valence-electron chi connectivity index (χ3n) is 4.07. The van der Waals surface area contributed by atoms with Crippen LogP contribution in [0.2, 0.25) is 0 Å². The van der Waals surface area contributed by atoms with E-state index in [-0.39, 0.29) is 6.61 Å². The van der Waals surface area contributed by atoms with Gasteiger partial charge in [0, 0.05) is 6.04 Å². The predicted molar refractivity (Wildman–Crippen MR) is 75.0 cm³/mol. The molecular weight excluding hydrogens is 290 g/mol. The minimum Gasteiger partial charge on any atom is -0.394 e. The average molecular weight is 307 g/mol. The molecule has 3 heterocycles. The first kappa shape index (κ1) is 13.8. The molecule has 0 aromatic carbocycles. The van der Waals surface area contributed by atoms with Gasteiger partial charge in [0.1, 0.15) is 24.6 Å². The highest BCUT2D eigenvalue weighted by Crippen LogP contribution is 2.33. The number of nitrogens with one attached hydrogen (secondary N) is 1. The Morgan fingerprint density at radius 2 is 2.05 bits per heavy atom. The van der Waals surface area contributed by atoms with Crippen molar-refractivity contribution in [2.45, 2.75) is 43.4 Å². The third kappa shape index (κ3) is 2.13. The summed E-state index contributed by atoms with van der Waals surface area (Å²) in [5, 5.41) is 32.4. The van der Waals surface area contributed by atoms with Crippen LogP contribution in [0.1, 0.15) is 19.1 Å². The Morgan fingerprint density at radius 1 is 1.23 bits per heavy atom. The van der Waals surface area contributed by atoms with Gasteiger partial charge in [-0.25, -0.2) is 15.0 Å². The van der Waals surface area contributed by atoms with Gasteiger partial charge in [-0.15, -0.1) is 0 Å². The molecule has 0 unspecified atom stereocenters. The van der Waals surface area contributed by atoms with Gasteiger partial charge in [-0.05, 0) is 12.8 Å². The van der Waals surface area contributed by atoms with Crippen LogP contribution in [0.4, 0.5) is 5.82 Å². The number of imidazole rings is 1. The monoisotopic (exact) mass is 307 g/mol. The Hall–Kier alpha value is -1.81. The molecule has 4 atom stereocenters. The molecule has 1 aliphatic carbocycles. The van der Waals surface area contributed by atoms with Gasteiger partial charge < -0.3 is 25.4 Å². The number of fused-ring (bicyclic) bond motifs is 1. The summed E-state index contributed by atoms with van der Waals surface area (Å²) in [6, 6.07) is 0.428. The molecule has 9 heteroatoms. The van der Waals surface area contributed by atoms with Crippen molar-refractivity contribution in [3.05, 3.63) is 12.7 Å². The molecule has 0 bridgehead atoms. The summed E-state index contributed by atoms with van der Waals surface area (Å²) >= 11 is 0. The molecule has 1 aliphatic heterocycles. The fraction of sp³-hybridized carbons (Fsp3) is 0.615. The van der Waals surface area contributed by atoms with Gasteiger partial charge in [-0.1, -0.05) is 0 Å². The molecular formula is C13H17N5O4. The Labute approximate surface area is 125 Å². The summed E-state index contributed by atoms with van der Waals surface area (Å²) < 4.78 is 7.07. The fourth-order valence-electron chi connectivity index (χ4n) is 2.67. The molecule has 22 heavy (non-hydrogen) atoms. The second kappa shape index (κ2) is 5.13. The van der Waals surface area contributed by atoms with Crippen molar-refractivity contribution in [2.24, 2.45) is 0 Å². The minimum atomic E-state index is -1.16. The van der Waals surface area contributed by atoms with E-state index >= 15 is 0 Å². The smallest absolute Gasteiger partial charge is 0.167 e. The molecule has 0 radical (unpaired) electrons. The predicted octanol–water partition coefficient (Wildman–Crippen LogP) is -0.988. The topological polar surface area (TPSA) is 126 Å². The standard InChI is InChI=1S/C13H17N5O4/c19-3-7-9(20)10(21)13(22-7)18-5-16-8-11(17-6-1-2-6)14-4-15-12(8)18/h4-7,9-10,13,19-21H,1-3H2,(H,14,15,17)/t7-,9-,10+,13-/m1/s1. The van der Waals surface area contributed by atoms with E-state index in [1.165, 1.54) is 12.7 Å². The molecule has 2 aromatic heterocycles. The lowest BCUT2D eigenvalue weighted by Gasteiger charge is -2.16. The molecule has 4 rings (SSSR count). The summed E-state index contributed by atoms with van der Waals surface area (Å²) in [6.45, 7) is -0.370. The van der Waals surface area contributed by atoms with Crippen LogP contribution in [0.15, 0.2) is 12.7 Å². The van der Waals surface area contributed by atoms with Crippen LogP contribution in [-0.4, -0.2) is 65.8 Å². The second-order valence-electron chi connectivity index (χ2n) is 5.69. The van der Waals surface area contributed by atoms with E-state index in [2.05, 4.69) is 20.3 Å². The van der Waals surface area contributed by atoms with Gasteiger partial charge in [-0.3, -0.25) is 4.57 Å². The number of aromatic nitrogens is 4. The normalized spacial score (nSPS) is 31.8. The van der Waals surface area contributed by atoms with Gasteiger partial charge >= 0.3 is 0 Å². The maximum absolute atomic E-state index is 10.1. The highest BCUT2D eigenvalue weighted by Gasteiger charge is 2.44. The number of aliphatic hydroxyl groups excluding tert-OH is 3. The number of hydrogen-bond acceptors (Lipinski definition) is 8. The number of nitrogens with zero attached hydrogens (tertiary/aromatic N) is 4. The minimum absolute atomic E-state index is 0.370. The zero-order chi connectivity index (χ0) is 15.3. The van der Waals surface area contributed by atoms with Crippen molar-refractivity contribution in [3.63, 3.8) is 0 Å². The zero-order valence-electron chi connectivity index (χ0n) is 11.7. The van der Waals surface area contributed by atoms with Gasteiger partial charge in [0.15, 0.2) is 23.2 Å². The van der Waals surface area contributed by atoms with Crippen LogP contribution in [-0.2, 0) is 4.74 Å². The molecule has 1 saturated heterocycles. The average Bonchev–Trinajstić information content (AvgIpc) is 3.16. The molecule has 2 aromatic rings.